The van der Waals surface area contributed by atoms with Crippen LogP contribution in [-0.4, -0.2) is 26.4 Å². The van der Waals surface area contributed by atoms with Crippen LogP contribution in [0.15, 0.2) is 59.8 Å². The standard InChI is InChI=1S/C21H24N4O2S/c1-4-25-20(16(3)27-18-8-6-5-7-9-18)23-24-21(25)28-14-19(26)22-17-12-10-15(2)11-13-17/h5-13,16H,4,14H2,1-3H3,(H,22,26). The molecule has 0 aliphatic carbocycles. The fourth-order valence-corrected chi connectivity index (χ4v) is 3.53. The van der Waals surface area contributed by atoms with Gasteiger partial charge in [0.05, 0.1) is 5.75 Å². The molecule has 0 spiro atoms. The van der Waals surface area contributed by atoms with Crippen molar-refractivity contribution in [2.45, 2.75) is 38.6 Å². The van der Waals surface area contributed by atoms with Gasteiger partial charge in [-0.15, -0.1) is 10.2 Å². The summed E-state index contributed by atoms with van der Waals surface area (Å²) in [6.07, 6.45) is -0.245. The largest absolute Gasteiger partial charge is 0.483 e. The number of para-hydroxylation sites is 1. The molecule has 0 bridgehead atoms. The number of ether oxygens (including phenoxy) is 1. The van der Waals surface area contributed by atoms with Crippen molar-refractivity contribution in [2.75, 3.05) is 11.1 Å². The van der Waals surface area contributed by atoms with Crippen molar-refractivity contribution < 1.29 is 9.53 Å². The number of hydrogen-bond acceptors (Lipinski definition) is 5. The molecule has 6 nitrogen and oxygen atoms in total. The predicted molar refractivity (Wildman–Crippen MR) is 112 cm³/mol. The fraction of sp³-hybridized carbons (Fsp3) is 0.286. The summed E-state index contributed by atoms with van der Waals surface area (Å²) in [5, 5.41) is 12.2. The number of benzene rings is 2. The first-order chi connectivity index (χ1) is 13.6. The molecule has 3 rings (SSSR count). The van der Waals surface area contributed by atoms with Crippen LogP contribution in [0.25, 0.3) is 0 Å². The second-order valence-corrected chi connectivity index (χ2v) is 7.30. The van der Waals surface area contributed by atoms with Crippen molar-refractivity contribution in [1.82, 2.24) is 14.8 Å². The van der Waals surface area contributed by atoms with Gasteiger partial charge >= 0.3 is 0 Å². The highest BCUT2D eigenvalue weighted by Crippen LogP contribution is 2.24. The first kappa shape index (κ1) is 19.9. The number of anilines is 1. The molecule has 2 aromatic carbocycles. The third kappa shape index (κ3) is 5.13. The Balaban J connectivity index is 1.61. The topological polar surface area (TPSA) is 69.0 Å². The first-order valence-corrected chi connectivity index (χ1v) is 10.2. The number of nitrogens with one attached hydrogen (secondary N) is 1. The number of hydrogen-bond donors (Lipinski definition) is 1. The van der Waals surface area contributed by atoms with Gasteiger partial charge in [0.2, 0.25) is 5.91 Å². The average molecular weight is 397 g/mol. The average Bonchev–Trinajstić information content (AvgIpc) is 3.12. The van der Waals surface area contributed by atoms with Gasteiger partial charge in [-0.25, -0.2) is 0 Å². The second-order valence-electron chi connectivity index (χ2n) is 6.36. The summed E-state index contributed by atoms with van der Waals surface area (Å²) in [6.45, 7) is 6.69. The number of aryl methyl sites for hydroxylation is 1. The molecule has 1 aromatic heterocycles. The zero-order chi connectivity index (χ0) is 19.9. The lowest BCUT2D eigenvalue weighted by Gasteiger charge is -2.15. The summed E-state index contributed by atoms with van der Waals surface area (Å²) >= 11 is 1.37. The predicted octanol–water partition coefficient (Wildman–Crippen LogP) is 4.48. The number of rotatable bonds is 8. The molecule has 146 valence electrons. The van der Waals surface area contributed by atoms with Crippen LogP contribution < -0.4 is 10.1 Å². The lowest BCUT2D eigenvalue weighted by atomic mass is 10.2. The maximum absolute atomic E-state index is 12.2. The molecule has 0 saturated heterocycles. The molecule has 0 fully saturated rings. The van der Waals surface area contributed by atoms with Gasteiger partial charge in [0.1, 0.15) is 5.75 Å². The molecule has 7 heteroatoms. The quantitative estimate of drug-likeness (QED) is 0.569. The molecule has 0 radical (unpaired) electrons. The summed E-state index contributed by atoms with van der Waals surface area (Å²) in [4.78, 5) is 12.2. The molecular formula is C21H24N4O2S. The lowest BCUT2D eigenvalue weighted by molar-refractivity contribution is -0.113. The summed E-state index contributed by atoms with van der Waals surface area (Å²) in [5.41, 5.74) is 1.95. The van der Waals surface area contributed by atoms with E-state index >= 15 is 0 Å². The number of carbonyl (C=O) groups is 1. The first-order valence-electron chi connectivity index (χ1n) is 9.21. The highest BCUT2D eigenvalue weighted by atomic mass is 32.2. The minimum atomic E-state index is -0.245. The maximum Gasteiger partial charge on any atom is 0.234 e. The molecule has 28 heavy (non-hydrogen) atoms. The van der Waals surface area contributed by atoms with E-state index in [4.69, 9.17) is 4.74 Å². The van der Waals surface area contributed by atoms with Crippen LogP contribution in [0.3, 0.4) is 0 Å². The van der Waals surface area contributed by atoms with Gasteiger partial charge in [-0.3, -0.25) is 4.79 Å². The van der Waals surface area contributed by atoms with E-state index in [1.807, 2.05) is 79.9 Å². The van der Waals surface area contributed by atoms with E-state index in [-0.39, 0.29) is 17.8 Å². The van der Waals surface area contributed by atoms with E-state index in [9.17, 15) is 4.79 Å². The molecule has 1 amide bonds. The van der Waals surface area contributed by atoms with Crippen LogP contribution in [0.1, 0.15) is 31.3 Å². The smallest absolute Gasteiger partial charge is 0.234 e. The molecule has 1 N–H and O–H groups in total. The Kier molecular flexibility index (Phi) is 6.71. The maximum atomic E-state index is 12.2. The highest BCUT2D eigenvalue weighted by molar-refractivity contribution is 7.99. The Morgan fingerprint density at radius 2 is 1.86 bits per heavy atom. The van der Waals surface area contributed by atoms with E-state index in [0.29, 0.717) is 11.7 Å². The minimum absolute atomic E-state index is 0.0744. The molecule has 1 unspecified atom stereocenters. The van der Waals surface area contributed by atoms with Crippen molar-refractivity contribution in [3.05, 3.63) is 66.0 Å². The third-order valence-electron chi connectivity index (χ3n) is 4.15. The number of amides is 1. The summed E-state index contributed by atoms with van der Waals surface area (Å²) in [5.74, 6) is 1.72. The zero-order valence-corrected chi connectivity index (χ0v) is 17.1. The van der Waals surface area contributed by atoms with E-state index < -0.39 is 0 Å². The van der Waals surface area contributed by atoms with Crippen molar-refractivity contribution in [3.63, 3.8) is 0 Å². The van der Waals surface area contributed by atoms with Gasteiger partial charge in [0, 0.05) is 12.2 Å². The Labute approximate surface area is 169 Å². The highest BCUT2D eigenvalue weighted by Gasteiger charge is 2.19. The lowest BCUT2D eigenvalue weighted by Crippen LogP contribution is -2.15. The fourth-order valence-electron chi connectivity index (χ4n) is 2.72. The Bertz CT molecular complexity index is 910. The van der Waals surface area contributed by atoms with Gasteiger partial charge < -0.3 is 14.6 Å². The van der Waals surface area contributed by atoms with Crippen LogP contribution in [0.4, 0.5) is 5.69 Å². The normalized spacial score (nSPS) is 11.8. The summed E-state index contributed by atoms with van der Waals surface area (Å²) in [7, 11) is 0. The van der Waals surface area contributed by atoms with E-state index in [0.717, 1.165) is 22.8 Å². The summed E-state index contributed by atoms with van der Waals surface area (Å²) < 4.78 is 7.94. The van der Waals surface area contributed by atoms with Gasteiger partial charge in [-0.1, -0.05) is 47.7 Å². The Morgan fingerprint density at radius 3 is 2.54 bits per heavy atom. The van der Waals surface area contributed by atoms with Crippen molar-refractivity contribution >= 4 is 23.4 Å². The molecular weight excluding hydrogens is 372 g/mol. The van der Waals surface area contributed by atoms with Crippen LogP contribution in [0.2, 0.25) is 0 Å². The van der Waals surface area contributed by atoms with Crippen LogP contribution in [0.5, 0.6) is 5.75 Å². The molecule has 0 aliphatic rings. The van der Waals surface area contributed by atoms with Crippen molar-refractivity contribution in [2.24, 2.45) is 0 Å². The monoisotopic (exact) mass is 396 g/mol. The second kappa shape index (κ2) is 9.41. The van der Waals surface area contributed by atoms with Gasteiger partial charge in [0.15, 0.2) is 17.1 Å². The Hall–Kier alpha value is -2.80. The van der Waals surface area contributed by atoms with Gasteiger partial charge in [-0.2, -0.15) is 0 Å². The number of nitrogens with zero attached hydrogens (tertiary/aromatic N) is 3. The SMILES string of the molecule is CCn1c(SCC(=O)Nc2ccc(C)cc2)nnc1C(C)Oc1ccccc1. The van der Waals surface area contributed by atoms with E-state index in [2.05, 4.69) is 15.5 Å². The minimum Gasteiger partial charge on any atom is -0.483 e. The molecule has 3 aromatic rings. The number of thioether (sulfide) groups is 1. The Morgan fingerprint density at radius 1 is 1.14 bits per heavy atom. The molecule has 0 saturated carbocycles. The van der Waals surface area contributed by atoms with E-state index in [1.165, 1.54) is 11.8 Å². The zero-order valence-electron chi connectivity index (χ0n) is 16.3. The van der Waals surface area contributed by atoms with Crippen LogP contribution >= 0.6 is 11.8 Å². The summed E-state index contributed by atoms with van der Waals surface area (Å²) in [6, 6.07) is 17.4. The number of aromatic nitrogens is 3. The van der Waals surface area contributed by atoms with Gasteiger partial charge in [-0.05, 0) is 45.0 Å². The third-order valence-corrected chi connectivity index (χ3v) is 5.12. The molecule has 0 aliphatic heterocycles. The van der Waals surface area contributed by atoms with E-state index in [1.54, 1.807) is 0 Å². The van der Waals surface area contributed by atoms with Crippen LogP contribution in [-0.2, 0) is 11.3 Å². The van der Waals surface area contributed by atoms with Crippen molar-refractivity contribution in [1.29, 1.82) is 0 Å². The van der Waals surface area contributed by atoms with Crippen molar-refractivity contribution in [3.8, 4) is 5.75 Å². The molecule has 1 atom stereocenters. The molecule has 1 heterocycles. The number of carbonyl (C=O) groups excluding carboxylic acids is 1. The van der Waals surface area contributed by atoms with Gasteiger partial charge in [0.25, 0.3) is 0 Å². The van der Waals surface area contributed by atoms with Crippen LogP contribution in [0, 0.1) is 6.92 Å².